The van der Waals surface area contributed by atoms with Crippen LogP contribution in [0.4, 0.5) is 0 Å². The largest absolute Gasteiger partial charge is 0.496 e. The van der Waals surface area contributed by atoms with Gasteiger partial charge in [-0.2, -0.15) is 0 Å². The van der Waals surface area contributed by atoms with Crippen LogP contribution in [0, 0.1) is 0 Å². The van der Waals surface area contributed by atoms with Gasteiger partial charge in [-0.15, -0.1) is 10.1 Å². The van der Waals surface area contributed by atoms with Crippen molar-refractivity contribution in [3.63, 3.8) is 0 Å². The third kappa shape index (κ3) is 4.61. The molecule has 0 bridgehead atoms. The molecule has 0 spiro atoms. The minimum atomic E-state index is -0.842. The number of halogens is 2. The fourth-order valence-corrected chi connectivity index (χ4v) is 3.84. The number of rotatable bonds is 5. The number of carbonyl (C=O) groups excluding carboxylic acids is 2. The number of benzene rings is 3. The number of para-hydroxylation sites is 1. The van der Waals surface area contributed by atoms with Crippen molar-refractivity contribution in [2.45, 2.75) is 12.1 Å². The van der Waals surface area contributed by atoms with E-state index in [1.807, 2.05) is 36.4 Å². The summed E-state index contributed by atoms with van der Waals surface area (Å²) in [7, 11) is 1.58. The average molecular weight is 469 g/mol. The molecule has 2 amide bonds. The fourth-order valence-electron chi connectivity index (χ4n) is 3.59. The van der Waals surface area contributed by atoms with Crippen molar-refractivity contribution >= 4 is 41.2 Å². The number of methoxy groups -OCH3 is 1. The number of ether oxygens (including phenoxy) is 1. The molecule has 162 valence electrons. The maximum Gasteiger partial charge on any atom is 0.304 e. The smallest absolute Gasteiger partial charge is 0.304 e. The van der Waals surface area contributed by atoms with E-state index in [9.17, 15) is 9.59 Å². The summed E-state index contributed by atoms with van der Waals surface area (Å²) in [4.78, 5) is 25.8. The zero-order chi connectivity index (χ0) is 22.7. The molecule has 8 heteroatoms. The molecule has 2 N–H and O–H groups in total. The molecule has 4 rings (SSSR count). The molecule has 1 aliphatic rings. The van der Waals surface area contributed by atoms with Gasteiger partial charge in [0.15, 0.2) is 6.04 Å². The van der Waals surface area contributed by atoms with Gasteiger partial charge in [-0.1, -0.05) is 47.5 Å². The molecule has 0 radical (unpaired) electrons. The molecule has 0 unspecified atom stereocenters. The predicted octanol–water partition coefficient (Wildman–Crippen LogP) is 4.02. The molecule has 1 fully saturated rings. The Morgan fingerprint density at radius 2 is 1.62 bits per heavy atom. The Labute approximate surface area is 195 Å². The molecule has 3 aromatic rings. The van der Waals surface area contributed by atoms with E-state index in [0.29, 0.717) is 21.4 Å². The highest BCUT2D eigenvalue weighted by Gasteiger charge is 2.47. The summed E-state index contributed by atoms with van der Waals surface area (Å²) in [6.45, 7) is 0. The third-order valence-electron chi connectivity index (χ3n) is 5.16. The molecule has 0 aromatic heterocycles. The number of carbonyl (C=O) groups is 2. The molecular formula is C24H20Cl2N3O3+. The van der Waals surface area contributed by atoms with Gasteiger partial charge in [-0.3, -0.25) is 9.59 Å². The van der Waals surface area contributed by atoms with E-state index < -0.39 is 12.1 Å². The van der Waals surface area contributed by atoms with Crippen LogP contribution in [0.1, 0.15) is 27.5 Å². The van der Waals surface area contributed by atoms with E-state index in [4.69, 9.17) is 27.9 Å². The van der Waals surface area contributed by atoms with Crippen molar-refractivity contribution in [1.82, 2.24) is 10.7 Å². The second-order valence-electron chi connectivity index (χ2n) is 7.21. The van der Waals surface area contributed by atoms with Crippen LogP contribution in [0.2, 0.25) is 10.0 Å². The molecular weight excluding hydrogens is 449 g/mol. The molecule has 32 heavy (non-hydrogen) atoms. The first-order chi connectivity index (χ1) is 15.5. The second-order valence-corrected chi connectivity index (χ2v) is 8.08. The van der Waals surface area contributed by atoms with Gasteiger partial charge < -0.3 is 10.1 Å². The number of hydrogen-bond acceptors (Lipinski definition) is 3. The van der Waals surface area contributed by atoms with E-state index in [1.165, 1.54) is 0 Å². The zero-order valence-electron chi connectivity index (χ0n) is 17.1. The minimum Gasteiger partial charge on any atom is -0.496 e. The summed E-state index contributed by atoms with van der Waals surface area (Å²) in [5, 5.41) is 3.95. The highest BCUT2D eigenvalue weighted by molar-refractivity contribution is 6.30. The van der Waals surface area contributed by atoms with Gasteiger partial charge in [0.2, 0.25) is 12.3 Å². The van der Waals surface area contributed by atoms with Crippen LogP contribution in [-0.4, -0.2) is 35.9 Å². The first-order valence-corrected chi connectivity index (χ1v) is 10.6. The summed E-state index contributed by atoms with van der Waals surface area (Å²) >= 11 is 12.0. The third-order valence-corrected chi connectivity index (χ3v) is 5.66. The van der Waals surface area contributed by atoms with Gasteiger partial charge in [0.1, 0.15) is 5.75 Å². The summed E-state index contributed by atoms with van der Waals surface area (Å²) in [6.07, 6.45) is 1.78. The van der Waals surface area contributed by atoms with Gasteiger partial charge >= 0.3 is 5.91 Å². The number of hydrogen-bond donors (Lipinski definition) is 2. The lowest BCUT2D eigenvalue weighted by molar-refractivity contribution is -0.596. The SMILES string of the molecule is COc1ccccc1/C=[N+]1\NC(=O)[C@H](NC(=O)c2ccc(Cl)cc2)[C@@H]1c1ccc(Cl)cc1. The Kier molecular flexibility index (Phi) is 6.44. The molecule has 2 atom stereocenters. The van der Waals surface area contributed by atoms with E-state index in [-0.39, 0.29) is 11.8 Å². The Morgan fingerprint density at radius 3 is 2.28 bits per heavy atom. The lowest BCUT2D eigenvalue weighted by Gasteiger charge is -2.15. The molecule has 1 heterocycles. The normalized spacial score (nSPS) is 19.0. The quantitative estimate of drug-likeness (QED) is 0.555. The number of hydrazine groups is 1. The maximum absolute atomic E-state index is 12.9. The van der Waals surface area contributed by atoms with Crippen LogP contribution in [0.3, 0.4) is 0 Å². The van der Waals surface area contributed by atoms with Gasteiger partial charge in [0.05, 0.1) is 12.7 Å². The summed E-state index contributed by atoms with van der Waals surface area (Å²) < 4.78 is 7.11. The number of amides is 2. The van der Waals surface area contributed by atoms with Crippen LogP contribution < -0.4 is 15.5 Å². The predicted molar refractivity (Wildman–Crippen MR) is 123 cm³/mol. The summed E-state index contributed by atoms with van der Waals surface area (Å²) in [5.74, 6) is -0.0522. The highest BCUT2D eigenvalue weighted by atomic mass is 35.5. The Morgan fingerprint density at radius 1 is 1.00 bits per heavy atom. The van der Waals surface area contributed by atoms with Crippen molar-refractivity contribution < 1.29 is 19.0 Å². The van der Waals surface area contributed by atoms with Crippen molar-refractivity contribution in [3.05, 3.63) is 99.5 Å². The van der Waals surface area contributed by atoms with Crippen molar-refractivity contribution in [2.75, 3.05) is 7.11 Å². The Bertz CT molecular complexity index is 1180. The van der Waals surface area contributed by atoms with Crippen molar-refractivity contribution in [3.8, 4) is 5.75 Å². The van der Waals surface area contributed by atoms with Crippen molar-refractivity contribution in [2.24, 2.45) is 0 Å². The van der Waals surface area contributed by atoms with E-state index in [0.717, 1.165) is 11.1 Å². The van der Waals surface area contributed by atoms with Gasteiger partial charge in [0, 0.05) is 21.2 Å². The number of nitrogens with zero attached hydrogens (tertiary/aromatic N) is 1. The fraction of sp³-hybridized carbons (Fsp3) is 0.125. The zero-order valence-corrected chi connectivity index (χ0v) is 18.6. The average Bonchev–Trinajstić information content (AvgIpc) is 3.09. The number of nitrogens with one attached hydrogen (secondary N) is 2. The Balaban J connectivity index is 1.72. The first kappa shape index (κ1) is 21.9. The van der Waals surface area contributed by atoms with Crippen LogP contribution in [-0.2, 0) is 4.79 Å². The van der Waals surface area contributed by atoms with Crippen molar-refractivity contribution in [1.29, 1.82) is 0 Å². The topological polar surface area (TPSA) is 70.4 Å². The second kappa shape index (κ2) is 9.42. The maximum atomic E-state index is 12.9. The molecule has 3 aromatic carbocycles. The highest BCUT2D eigenvalue weighted by Crippen LogP contribution is 2.27. The van der Waals surface area contributed by atoms with Crippen LogP contribution >= 0.6 is 23.2 Å². The lowest BCUT2D eigenvalue weighted by atomic mass is 9.99. The molecule has 0 saturated carbocycles. The molecule has 0 aliphatic carbocycles. The van der Waals surface area contributed by atoms with E-state index in [2.05, 4.69) is 10.7 Å². The lowest BCUT2D eigenvalue weighted by Crippen LogP contribution is -2.42. The monoisotopic (exact) mass is 468 g/mol. The molecule has 1 saturated heterocycles. The first-order valence-electron chi connectivity index (χ1n) is 9.85. The molecule has 6 nitrogen and oxygen atoms in total. The van der Waals surface area contributed by atoms with E-state index in [1.54, 1.807) is 54.4 Å². The summed E-state index contributed by atoms with van der Waals surface area (Å²) in [6, 6.07) is 19.7. The standard InChI is InChI=1S/C24H19Cl2N3O3/c1-32-20-5-3-2-4-17(20)14-29-22(15-6-10-18(25)11-7-15)21(24(31)28-29)27-23(30)16-8-12-19(26)13-9-16/h2-14,21-22H,1H3,(H-,27,28,30,31)/p+1/b29-14-/t21-,22+/m1/s1. The van der Waals surface area contributed by atoms with Crippen LogP contribution in [0.15, 0.2) is 72.8 Å². The number of hydrazone groups is 1. The van der Waals surface area contributed by atoms with Gasteiger partial charge in [-0.05, 0) is 48.5 Å². The van der Waals surface area contributed by atoms with Gasteiger partial charge in [-0.25, -0.2) is 0 Å². The Hall–Kier alpha value is -3.35. The van der Waals surface area contributed by atoms with Gasteiger partial charge in [0.25, 0.3) is 5.91 Å². The minimum absolute atomic E-state index is 0.335. The van der Waals surface area contributed by atoms with E-state index >= 15 is 0 Å². The van der Waals surface area contributed by atoms with Crippen LogP contribution in [0.25, 0.3) is 0 Å². The molecule has 1 aliphatic heterocycles. The van der Waals surface area contributed by atoms with Crippen LogP contribution in [0.5, 0.6) is 5.75 Å². The summed E-state index contributed by atoms with van der Waals surface area (Å²) in [5.41, 5.74) is 4.84.